The molecule has 0 aliphatic carbocycles. The van der Waals surface area contributed by atoms with E-state index in [0.29, 0.717) is 10.9 Å². The quantitative estimate of drug-likeness (QED) is 0.809. The number of aromatic nitrogens is 1. The van der Waals surface area contributed by atoms with Gasteiger partial charge in [-0.2, -0.15) is 0 Å². The first-order valence-corrected chi connectivity index (χ1v) is 6.27. The van der Waals surface area contributed by atoms with E-state index < -0.39 is 23.9 Å². The highest BCUT2D eigenvalue weighted by Crippen LogP contribution is 2.08. The highest BCUT2D eigenvalue weighted by atomic mass is 16.4. The number of aromatic amines is 1. The predicted molar refractivity (Wildman–Crippen MR) is 78.3 cm³/mol. The average molecular weight is 286 g/mol. The van der Waals surface area contributed by atoms with E-state index >= 15 is 0 Å². The van der Waals surface area contributed by atoms with Crippen LogP contribution >= 0.6 is 0 Å². The zero-order valence-corrected chi connectivity index (χ0v) is 11.2. The molecule has 1 aromatic carbocycles. The molecule has 21 heavy (non-hydrogen) atoms. The number of nitrogens with one attached hydrogen (secondary N) is 1. The minimum Gasteiger partial charge on any atom is -0.480 e. The van der Waals surface area contributed by atoms with Gasteiger partial charge in [0.15, 0.2) is 0 Å². The summed E-state index contributed by atoms with van der Waals surface area (Å²) in [6.07, 6.45) is 2.72. The number of aliphatic carboxylic acids is 1. The molecule has 0 spiro atoms. The topological polar surface area (TPSA) is 90.5 Å². The van der Waals surface area contributed by atoms with Gasteiger partial charge in [-0.3, -0.25) is 14.4 Å². The van der Waals surface area contributed by atoms with Crippen LogP contribution < -0.4 is 5.43 Å². The van der Waals surface area contributed by atoms with Crippen LogP contribution in [0.25, 0.3) is 10.9 Å². The molecular weight excluding hydrogens is 272 g/mol. The monoisotopic (exact) mass is 286 g/mol. The number of carboxylic acid groups (broad SMARTS) is 1. The van der Waals surface area contributed by atoms with Crippen molar-refractivity contribution in [1.29, 1.82) is 0 Å². The maximum Gasteiger partial charge on any atom is 0.323 e. The van der Waals surface area contributed by atoms with Crippen molar-refractivity contribution in [1.82, 2.24) is 9.88 Å². The van der Waals surface area contributed by atoms with E-state index in [1.807, 2.05) is 0 Å². The fraction of sp³-hybridized carbons (Fsp3) is 0.133. The van der Waals surface area contributed by atoms with Crippen LogP contribution in [0.1, 0.15) is 10.4 Å². The summed E-state index contributed by atoms with van der Waals surface area (Å²) in [5.74, 6) is -1.79. The number of para-hydroxylation sites is 1. The molecule has 0 fully saturated rings. The molecule has 0 unspecified atom stereocenters. The summed E-state index contributed by atoms with van der Waals surface area (Å²) < 4.78 is 0. The molecule has 1 amide bonds. The number of fused-ring (bicyclic) bond motifs is 1. The van der Waals surface area contributed by atoms with Crippen molar-refractivity contribution in [3.63, 3.8) is 0 Å². The third kappa shape index (κ3) is 3.00. The van der Waals surface area contributed by atoms with Gasteiger partial charge in [0.05, 0.1) is 0 Å². The normalized spacial score (nSPS) is 10.3. The second-order valence-corrected chi connectivity index (χ2v) is 4.45. The number of H-pyrrole nitrogens is 1. The van der Waals surface area contributed by atoms with E-state index in [4.69, 9.17) is 5.11 Å². The molecule has 2 rings (SSSR count). The fourth-order valence-corrected chi connectivity index (χ4v) is 2.04. The Morgan fingerprint density at radius 1 is 1.33 bits per heavy atom. The lowest BCUT2D eigenvalue weighted by Gasteiger charge is -2.18. The molecule has 0 atom stereocenters. The van der Waals surface area contributed by atoms with Gasteiger partial charge in [-0.1, -0.05) is 18.2 Å². The molecular formula is C15H14N2O4. The van der Waals surface area contributed by atoms with Gasteiger partial charge in [0.2, 0.25) is 5.43 Å². The van der Waals surface area contributed by atoms with Crippen LogP contribution in [0, 0.1) is 0 Å². The van der Waals surface area contributed by atoms with E-state index in [1.54, 1.807) is 24.3 Å². The Bertz CT molecular complexity index is 764. The molecule has 108 valence electrons. The zero-order valence-electron chi connectivity index (χ0n) is 11.2. The summed E-state index contributed by atoms with van der Waals surface area (Å²) in [4.78, 5) is 39.4. The first-order valence-electron chi connectivity index (χ1n) is 6.27. The molecule has 2 N–H and O–H groups in total. The third-order valence-corrected chi connectivity index (χ3v) is 2.98. The first kappa shape index (κ1) is 14.5. The van der Waals surface area contributed by atoms with Crippen LogP contribution in [-0.4, -0.2) is 40.0 Å². The number of amides is 1. The number of pyridine rings is 1. The summed E-state index contributed by atoms with van der Waals surface area (Å²) in [5.41, 5.74) is 0.109. The SMILES string of the molecule is C=CCN(CC(=O)O)C(=O)c1c[nH]c2ccccc2c1=O. The van der Waals surface area contributed by atoms with Crippen molar-refractivity contribution >= 4 is 22.8 Å². The maximum atomic E-state index is 12.3. The van der Waals surface area contributed by atoms with Crippen LogP contribution in [0.4, 0.5) is 0 Å². The first-order chi connectivity index (χ1) is 10.0. The van der Waals surface area contributed by atoms with Gasteiger partial charge in [0, 0.05) is 23.6 Å². The van der Waals surface area contributed by atoms with E-state index in [9.17, 15) is 14.4 Å². The second-order valence-electron chi connectivity index (χ2n) is 4.45. The van der Waals surface area contributed by atoms with Gasteiger partial charge in [-0.05, 0) is 12.1 Å². The fourth-order valence-electron chi connectivity index (χ4n) is 2.04. The van der Waals surface area contributed by atoms with E-state index in [-0.39, 0.29) is 12.1 Å². The summed E-state index contributed by atoms with van der Waals surface area (Å²) >= 11 is 0. The Hall–Kier alpha value is -2.89. The highest BCUT2D eigenvalue weighted by molar-refractivity contribution is 5.98. The number of benzene rings is 1. The molecule has 1 aromatic heterocycles. The van der Waals surface area contributed by atoms with Gasteiger partial charge < -0.3 is 15.0 Å². The maximum absolute atomic E-state index is 12.3. The second kappa shape index (κ2) is 6.04. The van der Waals surface area contributed by atoms with Crippen molar-refractivity contribution in [3.05, 3.63) is 58.9 Å². The van der Waals surface area contributed by atoms with Crippen molar-refractivity contribution < 1.29 is 14.7 Å². The lowest BCUT2D eigenvalue weighted by Crippen LogP contribution is -2.38. The summed E-state index contributed by atoms with van der Waals surface area (Å²) in [6.45, 7) is 3.05. The van der Waals surface area contributed by atoms with Crippen LogP contribution in [-0.2, 0) is 4.79 Å². The summed E-state index contributed by atoms with van der Waals surface area (Å²) in [5, 5.41) is 9.22. The third-order valence-electron chi connectivity index (χ3n) is 2.98. The number of carbonyl (C=O) groups excluding carboxylic acids is 1. The number of nitrogens with zero attached hydrogens (tertiary/aromatic N) is 1. The predicted octanol–water partition coefficient (Wildman–Crippen LogP) is 1.24. The van der Waals surface area contributed by atoms with Crippen LogP contribution in [0.15, 0.2) is 47.9 Å². The highest BCUT2D eigenvalue weighted by Gasteiger charge is 2.20. The molecule has 0 aliphatic rings. The largest absolute Gasteiger partial charge is 0.480 e. The Kier molecular flexibility index (Phi) is 4.18. The van der Waals surface area contributed by atoms with Gasteiger partial charge >= 0.3 is 5.97 Å². The molecule has 2 aromatic rings. The molecule has 0 saturated heterocycles. The Morgan fingerprint density at radius 3 is 2.71 bits per heavy atom. The van der Waals surface area contributed by atoms with E-state index in [2.05, 4.69) is 11.6 Å². The minimum atomic E-state index is -1.15. The van der Waals surface area contributed by atoms with E-state index in [1.165, 1.54) is 12.3 Å². The van der Waals surface area contributed by atoms with Crippen molar-refractivity contribution in [2.45, 2.75) is 0 Å². The zero-order chi connectivity index (χ0) is 15.4. The number of rotatable bonds is 5. The van der Waals surface area contributed by atoms with Gasteiger partial charge in [0.25, 0.3) is 5.91 Å². The number of hydrogen-bond donors (Lipinski definition) is 2. The molecule has 6 heteroatoms. The lowest BCUT2D eigenvalue weighted by molar-refractivity contribution is -0.137. The molecule has 0 aliphatic heterocycles. The standard InChI is InChI=1S/C15H14N2O4/c1-2-7-17(9-13(18)19)15(21)11-8-16-12-6-4-3-5-10(12)14(11)20/h2-6,8H,1,7,9H2,(H,16,20)(H,18,19). The number of hydrogen-bond acceptors (Lipinski definition) is 3. The molecule has 1 heterocycles. The lowest BCUT2D eigenvalue weighted by atomic mass is 10.1. The van der Waals surface area contributed by atoms with Crippen LogP contribution in [0.3, 0.4) is 0 Å². The number of carboxylic acids is 1. The molecule has 6 nitrogen and oxygen atoms in total. The number of carbonyl (C=O) groups is 2. The van der Waals surface area contributed by atoms with Crippen LogP contribution in [0.5, 0.6) is 0 Å². The van der Waals surface area contributed by atoms with Crippen LogP contribution in [0.2, 0.25) is 0 Å². The Morgan fingerprint density at radius 2 is 2.05 bits per heavy atom. The summed E-state index contributed by atoms with van der Waals surface area (Å²) in [6, 6.07) is 6.81. The molecule has 0 bridgehead atoms. The molecule has 0 radical (unpaired) electrons. The van der Waals surface area contributed by atoms with Gasteiger partial charge in [-0.15, -0.1) is 6.58 Å². The smallest absolute Gasteiger partial charge is 0.323 e. The Labute approximate surface area is 120 Å². The summed E-state index contributed by atoms with van der Waals surface area (Å²) in [7, 11) is 0. The Balaban J connectivity index is 2.46. The van der Waals surface area contributed by atoms with Gasteiger partial charge in [-0.25, -0.2) is 0 Å². The van der Waals surface area contributed by atoms with E-state index in [0.717, 1.165) is 4.90 Å². The van der Waals surface area contributed by atoms with Crippen molar-refractivity contribution in [2.24, 2.45) is 0 Å². The molecule has 0 saturated carbocycles. The average Bonchev–Trinajstić information content (AvgIpc) is 2.46. The van der Waals surface area contributed by atoms with Crippen molar-refractivity contribution in [3.8, 4) is 0 Å². The van der Waals surface area contributed by atoms with Crippen molar-refractivity contribution in [2.75, 3.05) is 13.1 Å². The van der Waals surface area contributed by atoms with Gasteiger partial charge in [0.1, 0.15) is 12.1 Å². The minimum absolute atomic E-state index is 0.0530.